The lowest BCUT2D eigenvalue weighted by atomic mass is 9.81. The summed E-state index contributed by atoms with van der Waals surface area (Å²) in [4.78, 5) is 26.2. The number of benzene rings is 1. The van der Waals surface area contributed by atoms with Crippen molar-refractivity contribution in [1.82, 2.24) is 10.2 Å². The molecule has 0 radical (unpaired) electrons. The minimum absolute atomic E-state index is 0.0565. The van der Waals surface area contributed by atoms with Crippen molar-refractivity contribution in [3.8, 4) is 0 Å². The molecule has 4 nitrogen and oxygen atoms in total. The maximum absolute atomic E-state index is 12.6. The molecule has 0 spiro atoms. The second-order valence-electron chi connectivity index (χ2n) is 5.95. The summed E-state index contributed by atoms with van der Waals surface area (Å²) in [6.45, 7) is 3.06. The third-order valence-electron chi connectivity index (χ3n) is 4.28. The molecule has 1 aliphatic carbocycles. The summed E-state index contributed by atoms with van der Waals surface area (Å²) in [5, 5.41) is 3.35. The standard InChI is InChI=1S/C16H20N2O2/c1-16(12-5-3-2-4-6-12)11-14(19)18(15(16)20)10-9-17-13-7-8-13/h2-6,13,17H,7-11H2,1H3. The Labute approximate surface area is 119 Å². The Morgan fingerprint density at radius 3 is 2.60 bits per heavy atom. The maximum Gasteiger partial charge on any atom is 0.240 e. The van der Waals surface area contributed by atoms with Crippen LogP contribution in [0, 0.1) is 0 Å². The Morgan fingerprint density at radius 1 is 1.25 bits per heavy atom. The van der Waals surface area contributed by atoms with E-state index in [2.05, 4.69) is 5.32 Å². The normalized spacial score (nSPS) is 26.4. The summed E-state index contributed by atoms with van der Waals surface area (Å²) in [5.74, 6) is -0.120. The van der Waals surface area contributed by atoms with Crippen LogP contribution in [0.25, 0.3) is 0 Å². The molecule has 1 heterocycles. The highest BCUT2D eigenvalue weighted by Crippen LogP contribution is 2.35. The second kappa shape index (κ2) is 5.02. The fourth-order valence-corrected chi connectivity index (χ4v) is 2.81. The average Bonchev–Trinajstić information content (AvgIpc) is 3.24. The van der Waals surface area contributed by atoms with Gasteiger partial charge in [-0.1, -0.05) is 30.3 Å². The van der Waals surface area contributed by atoms with E-state index in [0.29, 0.717) is 19.1 Å². The minimum atomic E-state index is -0.697. The van der Waals surface area contributed by atoms with Crippen LogP contribution in [-0.4, -0.2) is 35.8 Å². The first kappa shape index (κ1) is 13.3. The van der Waals surface area contributed by atoms with Crippen molar-refractivity contribution in [2.24, 2.45) is 0 Å². The smallest absolute Gasteiger partial charge is 0.240 e. The molecular weight excluding hydrogens is 252 g/mol. The molecule has 2 fully saturated rings. The number of nitrogens with zero attached hydrogens (tertiary/aromatic N) is 1. The van der Waals surface area contributed by atoms with Gasteiger partial charge in [0.1, 0.15) is 0 Å². The Balaban J connectivity index is 1.71. The molecule has 1 unspecified atom stereocenters. The van der Waals surface area contributed by atoms with E-state index in [0.717, 1.165) is 5.56 Å². The fraction of sp³-hybridized carbons (Fsp3) is 0.500. The lowest BCUT2D eigenvalue weighted by Gasteiger charge is -2.22. The largest absolute Gasteiger partial charge is 0.312 e. The van der Waals surface area contributed by atoms with Gasteiger partial charge in [-0.3, -0.25) is 14.5 Å². The molecule has 3 rings (SSSR count). The van der Waals surface area contributed by atoms with Crippen molar-refractivity contribution in [1.29, 1.82) is 0 Å². The van der Waals surface area contributed by atoms with Gasteiger partial charge in [-0.25, -0.2) is 0 Å². The number of carbonyl (C=O) groups excluding carboxylic acids is 2. The van der Waals surface area contributed by atoms with Crippen LogP contribution < -0.4 is 5.32 Å². The van der Waals surface area contributed by atoms with Gasteiger partial charge in [0.05, 0.1) is 5.41 Å². The molecule has 2 amide bonds. The number of hydrogen-bond acceptors (Lipinski definition) is 3. The summed E-state index contributed by atoms with van der Waals surface area (Å²) in [7, 11) is 0. The Hall–Kier alpha value is -1.68. The second-order valence-corrected chi connectivity index (χ2v) is 5.95. The van der Waals surface area contributed by atoms with Crippen molar-refractivity contribution >= 4 is 11.8 Å². The highest BCUT2D eigenvalue weighted by atomic mass is 16.2. The van der Waals surface area contributed by atoms with E-state index in [1.54, 1.807) is 0 Å². The zero-order chi connectivity index (χ0) is 14.2. The van der Waals surface area contributed by atoms with Crippen molar-refractivity contribution < 1.29 is 9.59 Å². The predicted octanol–water partition coefficient (Wildman–Crippen LogP) is 1.46. The van der Waals surface area contributed by atoms with Gasteiger partial charge in [0, 0.05) is 25.6 Å². The van der Waals surface area contributed by atoms with Crippen LogP contribution in [0.3, 0.4) is 0 Å². The summed E-state index contributed by atoms with van der Waals surface area (Å²) in [5.41, 5.74) is 0.230. The predicted molar refractivity (Wildman–Crippen MR) is 76.2 cm³/mol. The number of imide groups is 1. The first-order valence-electron chi connectivity index (χ1n) is 7.25. The third-order valence-corrected chi connectivity index (χ3v) is 4.28. The van der Waals surface area contributed by atoms with Crippen molar-refractivity contribution in [2.75, 3.05) is 13.1 Å². The van der Waals surface area contributed by atoms with E-state index in [4.69, 9.17) is 0 Å². The van der Waals surface area contributed by atoms with Gasteiger partial charge in [-0.05, 0) is 25.3 Å². The molecule has 1 aromatic carbocycles. The maximum atomic E-state index is 12.6. The van der Waals surface area contributed by atoms with E-state index < -0.39 is 5.41 Å². The van der Waals surface area contributed by atoms with Crippen LogP contribution in [-0.2, 0) is 15.0 Å². The van der Waals surface area contributed by atoms with Gasteiger partial charge in [0.2, 0.25) is 11.8 Å². The van der Waals surface area contributed by atoms with Gasteiger partial charge in [-0.15, -0.1) is 0 Å². The molecule has 1 saturated heterocycles. The van der Waals surface area contributed by atoms with Crippen LogP contribution in [0.5, 0.6) is 0 Å². The van der Waals surface area contributed by atoms with Gasteiger partial charge in [0.25, 0.3) is 0 Å². The Kier molecular flexibility index (Phi) is 3.34. The summed E-state index contributed by atoms with van der Waals surface area (Å²) < 4.78 is 0. The molecule has 1 atom stereocenters. The topological polar surface area (TPSA) is 49.4 Å². The zero-order valence-corrected chi connectivity index (χ0v) is 11.8. The fourth-order valence-electron chi connectivity index (χ4n) is 2.81. The molecule has 4 heteroatoms. The SMILES string of the molecule is CC1(c2ccccc2)CC(=O)N(CCNC2CC2)C1=O. The molecule has 1 aromatic rings. The van der Waals surface area contributed by atoms with Crippen molar-refractivity contribution in [3.05, 3.63) is 35.9 Å². The van der Waals surface area contributed by atoms with Crippen LogP contribution in [0.2, 0.25) is 0 Å². The molecule has 1 saturated carbocycles. The Morgan fingerprint density at radius 2 is 1.95 bits per heavy atom. The molecule has 106 valence electrons. The average molecular weight is 272 g/mol. The van der Waals surface area contributed by atoms with E-state index in [9.17, 15) is 9.59 Å². The number of rotatable bonds is 5. The van der Waals surface area contributed by atoms with Gasteiger partial charge >= 0.3 is 0 Å². The molecule has 2 aliphatic rings. The summed E-state index contributed by atoms with van der Waals surface area (Å²) in [6.07, 6.45) is 2.70. The first-order chi connectivity index (χ1) is 9.61. The third kappa shape index (κ3) is 2.36. The minimum Gasteiger partial charge on any atom is -0.312 e. The number of amides is 2. The molecule has 1 aliphatic heterocycles. The highest BCUT2D eigenvalue weighted by Gasteiger charge is 2.48. The number of likely N-dealkylation sites (tertiary alicyclic amines) is 1. The van der Waals surface area contributed by atoms with E-state index in [1.165, 1.54) is 17.7 Å². The van der Waals surface area contributed by atoms with Gasteiger partial charge in [-0.2, -0.15) is 0 Å². The Bertz CT molecular complexity index is 525. The molecule has 1 N–H and O–H groups in total. The lowest BCUT2D eigenvalue weighted by molar-refractivity contribution is -0.139. The molecule has 0 bridgehead atoms. The quantitative estimate of drug-likeness (QED) is 0.826. The van der Waals surface area contributed by atoms with Crippen LogP contribution in [0.15, 0.2) is 30.3 Å². The number of nitrogens with one attached hydrogen (secondary N) is 1. The molecular formula is C16H20N2O2. The zero-order valence-electron chi connectivity index (χ0n) is 11.8. The van der Waals surface area contributed by atoms with E-state index in [-0.39, 0.29) is 18.2 Å². The van der Waals surface area contributed by atoms with Gasteiger partial charge < -0.3 is 5.32 Å². The summed E-state index contributed by atoms with van der Waals surface area (Å²) >= 11 is 0. The van der Waals surface area contributed by atoms with Crippen molar-refractivity contribution in [2.45, 2.75) is 37.6 Å². The van der Waals surface area contributed by atoms with Crippen LogP contribution in [0.1, 0.15) is 31.7 Å². The lowest BCUT2D eigenvalue weighted by Crippen LogP contribution is -2.40. The van der Waals surface area contributed by atoms with E-state index >= 15 is 0 Å². The van der Waals surface area contributed by atoms with Crippen LogP contribution in [0.4, 0.5) is 0 Å². The van der Waals surface area contributed by atoms with Crippen LogP contribution >= 0.6 is 0 Å². The first-order valence-corrected chi connectivity index (χ1v) is 7.25. The molecule has 0 aromatic heterocycles. The number of hydrogen-bond donors (Lipinski definition) is 1. The number of carbonyl (C=O) groups is 2. The highest BCUT2D eigenvalue weighted by molar-refractivity contribution is 6.08. The van der Waals surface area contributed by atoms with Gasteiger partial charge in [0.15, 0.2) is 0 Å². The van der Waals surface area contributed by atoms with Crippen molar-refractivity contribution in [3.63, 3.8) is 0 Å². The van der Waals surface area contributed by atoms with E-state index in [1.807, 2.05) is 37.3 Å². The summed E-state index contributed by atoms with van der Waals surface area (Å²) in [6, 6.07) is 10.2. The monoisotopic (exact) mass is 272 g/mol. The molecule has 20 heavy (non-hydrogen) atoms.